The molecule has 1 aliphatic heterocycles. The number of methoxy groups -OCH3 is 1. The molecule has 0 aliphatic carbocycles. The van der Waals surface area contributed by atoms with Crippen molar-refractivity contribution in [1.82, 2.24) is 9.80 Å². The lowest BCUT2D eigenvalue weighted by Crippen LogP contribution is -2.43. The van der Waals surface area contributed by atoms with Crippen molar-refractivity contribution in [3.63, 3.8) is 0 Å². The Morgan fingerprint density at radius 2 is 1.96 bits per heavy atom. The highest BCUT2D eigenvalue weighted by Crippen LogP contribution is 2.12. The first-order chi connectivity index (χ1) is 13.0. The third kappa shape index (κ3) is 6.99. The Labute approximate surface area is 159 Å². The summed E-state index contributed by atoms with van der Waals surface area (Å²) in [6, 6.07) is 6.55. The van der Waals surface area contributed by atoms with Gasteiger partial charge in [0.15, 0.2) is 0 Å². The molecule has 0 spiro atoms. The quantitative estimate of drug-likeness (QED) is 0.680. The molecular weight excluding hydrogens is 350 g/mol. The van der Waals surface area contributed by atoms with Gasteiger partial charge in [-0.15, -0.1) is 0 Å². The summed E-state index contributed by atoms with van der Waals surface area (Å²) in [5.74, 6) is -0.727. The van der Waals surface area contributed by atoms with Gasteiger partial charge in [-0.2, -0.15) is 0 Å². The van der Waals surface area contributed by atoms with Gasteiger partial charge < -0.3 is 19.7 Å². The minimum atomic E-state index is -0.461. The zero-order valence-corrected chi connectivity index (χ0v) is 15.9. The number of ether oxygens (including phenoxy) is 2. The fraction of sp³-hybridized carbons (Fsp3) is 0.526. The molecule has 0 radical (unpaired) electrons. The molecule has 1 heterocycles. The maximum Gasteiger partial charge on any atom is 0.337 e. The fourth-order valence-electron chi connectivity index (χ4n) is 2.82. The first-order valence-electron chi connectivity index (χ1n) is 9.03. The molecule has 1 aromatic rings. The molecule has 0 saturated carbocycles. The second-order valence-electron chi connectivity index (χ2n) is 6.33. The number of nitrogens with one attached hydrogen (secondary N) is 1. The smallest absolute Gasteiger partial charge is 0.337 e. The number of morpholine rings is 1. The van der Waals surface area contributed by atoms with E-state index in [9.17, 15) is 14.4 Å². The van der Waals surface area contributed by atoms with E-state index < -0.39 is 5.97 Å². The van der Waals surface area contributed by atoms with Crippen LogP contribution in [0.4, 0.5) is 5.69 Å². The number of benzene rings is 1. The van der Waals surface area contributed by atoms with Crippen LogP contribution in [0.3, 0.4) is 0 Å². The van der Waals surface area contributed by atoms with E-state index in [4.69, 9.17) is 4.74 Å². The Morgan fingerprint density at radius 3 is 2.63 bits per heavy atom. The van der Waals surface area contributed by atoms with Crippen LogP contribution in [0.15, 0.2) is 24.3 Å². The number of hydrogen-bond acceptors (Lipinski definition) is 6. The summed E-state index contributed by atoms with van der Waals surface area (Å²) in [6.45, 7) is 6.37. The lowest BCUT2D eigenvalue weighted by Gasteiger charge is -2.29. The number of carbonyl (C=O) groups excluding carboxylic acids is 3. The van der Waals surface area contributed by atoms with Gasteiger partial charge in [-0.05, 0) is 18.2 Å². The van der Waals surface area contributed by atoms with Crippen molar-refractivity contribution >= 4 is 23.5 Å². The minimum Gasteiger partial charge on any atom is -0.465 e. The maximum atomic E-state index is 12.2. The van der Waals surface area contributed by atoms with Crippen LogP contribution in [0.1, 0.15) is 23.7 Å². The van der Waals surface area contributed by atoms with Gasteiger partial charge >= 0.3 is 5.97 Å². The largest absolute Gasteiger partial charge is 0.465 e. The standard InChI is InChI=1S/C19H27N3O5/c1-15(23)22(9-8-21-10-12-27-13-11-21)7-6-18(24)20-17-5-3-4-16(14-17)19(25)26-2/h3-5,14H,6-13H2,1-2H3,(H,20,24). The number of anilines is 1. The van der Waals surface area contributed by atoms with Crippen LogP contribution >= 0.6 is 0 Å². The number of esters is 1. The lowest BCUT2D eigenvalue weighted by molar-refractivity contribution is -0.129. The van der Waals surface area contributed by atoms with E-state index in [-0.39, 0.29) is 18.2 Å². The number of rotatable bonds is 8. The summed E-state index contributed by atoms with van der Waals surface area (Å²) in [5.41, 5.74) is 0.886. The normalized spacial score (nSPS) is 14.4. The van der Waals surface area contributed by atoms with Crippen LogP contribution in [0.5, 0.6) is 0 Å². The molecule has 2 amide bonds. The molecule has 0 unspecified atom stereocenters. The highest BCUT2D eigenvalue weighted by molar-refractivity contribution is 5.94. The Morgan fingerprint density at radius 1 is 1.22 bits per heavy atom. The topological polar surface area (TPSA) is 88.2 Å². The van der Waals surface area contributed by atoms with E-state index in [0.29, 0.717) is 37.6 Å². The van der Waals surface area contributed by atoms with Crippen LogP contribution in [0.25, 0.3) is 0 Å². The van der Waals surface area contributed by atoms with E-state index in [1.54, 1.807) is 29.2 Å². The summed E-state index contributed by atoms with van der Waals surface area (Å²) in [4.78, 5) is 39.5. The third-order valence-corrected chi connectivity index (χ3v) is 4.41. The van der Waals surface area contributed by atoms with Crippen LogP contribution < -0.4 is 5.32 Å². The number of carbonyl (C=O) groups is 3. The van der Waals surface area contributed by atoms with E-state index >= 15 is 0 Å². The number of nitrogens with zero attached hydrogens (tertiary/aromatic N) is 2. The number of hydrogen-bond donors (Lipinski definition) is 1. The molecule has 8 nitrogen and oxygen atoms in total. The average Bonchev–Trinajstić information content (AvgIpc) is 2.68. The highest BCUT2D eigenvalue weighted by atomic mass is 16.5. The third-order valence-electron chi connectivity index (χ3n) is 4.41. The van der Waals surface area contributed by atoms with Gasteiger partial charge in [0.25, 0.3) is 0 Å². The van der Waals surface area contributed by atoms with Gasteiger partial charge in [0, 0.05) is 51.8 Å². The minimum absolute atomic E-state index is 0.0521. The molecule has 0 aromatic heterocycles. The molecule has 0 bridgehead atoms. The molecule has 1 aliphatic rings. The number of amides is 2. The molecular formula is C19H27N3O5. The second-order valence-corrected chi connectivity index (χ2v) is 6.33. The van der Waals surface area contributed by atoms with Crippen molar-refractivity contribution < 1.29 is 23.9 Å². The Hall–Kier alpha value is -2.45. The summed E-state index contributed by atoms with van der Waals surface area (Å²) >= 11 is 0. The molecule has 1 fully saturated rings. The van der Waals surface area contributed by atoms with Gasteiger partial charge in [-0.3, -0.25) is 14.5 Å². The van der Waals surface area contributed by atoms with Crippen molar-refractivity contribution in [2.24, 2.45) is 0 Å². The fourth-order valence-corrected chi connectivity index (χ4v) is 2.82. The van der Waals surface area contributed by atoms with Crippen molar-refractivity contribution in [3.8, 4) is 0 Å². The summed E-state index contributed by atoms with van der Waals surface area (Å²) < 4.78 is 9.99. The van der Waals surface area contributed by atoms with Gasteiger partial charge in [0.05, 0.1) is 25.9 Å². The van der Waals surface area contributed by atoms with E-state index in [2.05, 4.69) is 15.0 Å². The monoisotopic (exact) mass is 377 g/mol. The molecule has 2 rings (SSSR count). The van der Waals surface area contributed by atoms with Crippen LogP contribution in [-0.2, 0) is 19.1 Å². The van der Waals surface area contributed by atoms with Crippen LogP contribution in [-0.4, -0.2) is 80.6 Å². The molecule has 1 saturated heterocycles. The molecule has 0 atom stereocenters. The van der Waals surface area contributed by atoms with Crippen molar-refractivity contribution in [2.45, 2.75) is 13.3 Å². The van der Waals surface area contributed by atoms with Crippen LogP contribution in [0.2, 0.25) is 0 Å². The van der Waals surface area contributed by atoms with Gasteiger partial charge in [0.1, 0.15) is 0 Å². The second kappa shape index (κ2) is 10.6. The van der Waals surface area contributed by atoms with E-state index in [1.807, 2.05) is 0 Å². The summed E-state index contributed by atoms with van der Waals surface area (Å²) in [5, 5.41) is 2.75. The predicted octanol–water partition coefficient (Wildman–Crippen LogP) is 0.983. The molecule has 148 valence electrons. The molecule has 1 aromatic carbocycles. The van der Waals surface area contributed by atoms with Crippen molar-refractivity contribution in [2.75, 3.05) is 58.4 Å². The zero-order chi connectivity index (χ0) is 19.6. The lowest BCUT2D eigenvalue weighted by atomic mass is 10.2. The predicted molar refractivity (Wildman–Crippen MR) is 101 cm³/mol. The first-order valence-corrected chi connectivity index (χ1v) is 9.03. The van der Waals surface area contributed by atoms with Gasteiger partial charge in [-0.1, -0.05) is 6.07 Å². The Balaban J connectivity index is 1.81. The van der Waals surface area contributed by atoms with Crippen molar-refractivity contribution in [1.29, 1.82) is 0 Å². The maximum absolute atomic E-state index is 12.2. The first kappa shape index (κ1) is 20.9. The molecule has 1 N–H and O–H groups in total. The summed E-state index contributed by atoms with van der Waals surface area (Å²) in [6.07, 6.45) is 0.186. The van der Waals surface area contributed by atoms with Gasteiger partial charge in [-0.25, -0.2) is 4.79 Å². The highest BCUT2D eigenvalue weighted by Gasteiger charge is 2.15. The van der Waals surface area contributed by atoms with Crippen LogP contribution in [0, 0.1) is 0 Å². The van der Waals surface area contributed by atoms with E-state index in [0.717, 1.165) is 19.6 Å². The average molecular weight is 377 g/mol. The SMILES string of the molecule is COC(=O)c1cccc(NC(=O)CCN(CCN2CCOCC2)C(C)=O)c1. The Bertz CT molecular complexity index is 659. The van der Waals surface area contributed by atoms with E-state index in [1.165, 1.54) is 14.0 Å². The van der Waals surface area contributed by atoms with Crippen molar-refractivity contribution in [3.05, 3.63) is 29.8 Å². The Kier molecular flexibility index (Phi) is 8.22. The summed E-state index contributed by atoms with van der Waals surface area (Å²) in [7, 11) is 1.31. The molecule has 8 heteroatoms. The molecule has 27 heavy (non-hydrogen) atoms. The van der Waals surface area contributed by atoms with Gasteiger partial charge in [0.2, 0.25) is 11.8 Å². The zero-order valence-electron chi connectivity index (χ0n) is 15.9.